The molecule has 0 atom stereocenters. The van der Waals surface area contributed by atoms with Crippen LogP contribution >= 0.6 is 0 Å². The van der Waals surface area contributed by atoms with Crippen LogP contribution < -0.4 is 14.2 Å². The minimum absolute atomic E-state index is 0.0155. The molecule has 0 saturated heterocycles. The number of benzene rings is 3. The van der Waals surface area contributed by atoms with Gasteiger partial charge in [-0.1, -0.05) is 83.6 Å². The molecule has 0 amide bonds. The van der Waals surface area contributed by atoms with E-state index in [2.05, 4.69) is 6.92 Å². The molecule has 0 aliphatic heterocycles. The lowest BCUT2D eigenvalue weighted by atomic mass is 10.1. The molecule has 7 heteroatoms. The lowest BCUT2D eigenvalue weighted by Crippen LogP contribution is -2.10. The van der Waals surface area contributed by atoms with Gasteiger partial charge in [0.2, 0.25) is 0 Å². The highest BCUT2D eigenvalue weighted by atomic mass is 16.5. The first-order valence-electron chi connectivity index (χ1n) is 15.1. The maximum atomic E-state index is 12.6. The van der Waals surface area contributed by atoms with Gasteiger partial charge in [-0.2, -0.15) is 0 Å². The molecule has 42 heavy (non-hydrogen) atoms. The summed E-state index contributed by atoms with van der Waals surface area (Å²) >= 11 is 0. The van der Waals surface area contributed by atoms with Crippen LogP contribution in [0.2, 0.25) is 0 Å². The van der Waals surface area contributed by atoms with Crippen molar-refractivity contribution in [1.29, 1.82) is 0 Å². The molecule has 0 heterocycles. The van der Waals surface area contributed by atoms with Crippen molar-refractivity contribution in [3.8, 4) is 17.2 Å². The van der Waals surface area contributed by atoms with E-state index in [9.17, 15) is 14.4 Å². The number of esters is 2. The van der Waals surface area contributed by atoms with Crippen molar-refractivity contribution in [2.24, 2.45) is 0 Å². The number of rotatable bonds is 19. The monoisotopic (exact) mass is 574 g/mol. The van der Waals surface area contributed by atoms with E-state index in [4.69, 9.17) is 19.3 Å². The van der Waals surface area contributed by atoms with Crippen LogP contribution in [0.25, 0.3) is 0 Å². The number of ether oxygens (including phenoxy) is 3. The van der Waals surface area contributed by atoms with Gasteiger partial charge in [-0.3, -0.25) is 0 Å². The summed E-state index contributed by atoms with van der Waals surface area (Å²) in [5.41, 5.74) is 0.626. The largest absolute Gasteiger partial charge is 0.494 e. The summed E-state index contributed by atoms with van der Waals surface area (Å²) < 4.78 is 16.5. The quantitative estimate of drug-likeness (QED) is 0.0867. The average Bonchev–Trinajstić information content (AvgIpc) is 3.00. The molecule has 0 aliphatic carbocycles. The lowest BCUT2D eigenvalue weighted by Gasteiger charge is -2.08. The van der Waals surface area contributed by atoms with Crippen molar-refractivity contribution in [2.75, 3.05) is 6.61 Å². The van der Waals surface area contributed by atoms with Gasteiger partial charge in [-0.15, -0.1) is 0 Å². The summed E-state index contributed by atoms with van der Waals surface area (Å²) in [5.74, 6) is -1.19. The predicted octanol–water partition coefficient (Wildman–Crippen LogP) is 8.90. The minimum atomic E-state index is -1.11. The fourth-order valence-corrected chi connectivity index (χ4v) is 4.50. The summed E-state index contributed by atoms with van der Waals surface area (Å²) in [6.45, 7) is 2.91. The van der Waals surface area contributed by atoms with E-state index in [1.165, 1.54) is 113 Å². The van der Waals surface area contributed by atoms with Crippen LogP contribution in [0, 0.1) is 0 Å². The zero-order chi connectivity index (χ0) is 30.0. The highest BCUT2D eigenvalue weighted by Gasteiger charge is 2.13. The van der Waals surface area contributed by atoms with Gasteiger partial charge in [-0.25, -0.2) is 14.4 Å². The molecule has 7 nitrogen and oxygen atoms in total. The second-order valence-electron chi connectivity index (χ2n) is 10.4. The van der Waals surface area contributed by atoms with E-state index in [1.54, 1.807) is 24.3 Å². The maximum Gasteiger partial charge on any atom is 0.343 e. The Morgan fingerprint density at radius 1 is 0.548 bits per heavy atom. The summed E-state index contributed by atoms with van der Waals surface area (Å²) in [6, 6.07) is 18.4. The Morgan fingerprint density at radius 2 is 1.02 bits per heavy atom. The van der Waals surface area contributed by atoms with Gasteiger partial charge in [0, 0.05) is 0 Å². The number of carboxylic acid groups (broad SMARTS) is 1. The molecule has 224 valence electrons. The SMILES string of the molecule is CCCCCCCCCCCCCCOc1ccc(C(=O)Oc2ccc(C(=O)Oc3cccc(C(=O)O)c3)cc2)cc1. The second kappa shape index (κ2) is 18.3. The van der Waals surface area contributed by atoms with Crippen LogP contribution in [-0.2, 0) is 0 Å². The van der Waals surface area contributed by atoms with Crippen molar-refractivity contribution in [1.82, 2.24) is 0 Å². The van der Waals surface area contributed by atoms with Gasteiger partial charge in [0.1, 0.15) is 17.2 Å². The summed E-state index contributed by atoms with van der Waals surface area (Å²) in [6.07, 6.45) is 15.6. The summed E-state index contributed by atoms with van der Waals surface area (Å²) in [5, 5.41) is 9.08. The van der Waals surface area contributed by atoms with Crippen LogP contribution in [0.15, 0.2) is 72.8 Å². The van der Waals surface area contributed by atoms with Gasteiger partial charge < -0.3 is 19.3 Å². The van der Waals surface area contributed by atoms with Crippen LogP contribution in [-0.4, -0.2) is 29.6 Å². The Kier molecular flexibility index (Phi) is 14.1. The molecule has 0 unspecified atom stereocenters. The van der Waals surface area contributed by atoms with Gasteiger partial charge in [0.25, 0.3) is 0 Å². The van der Waals surface area contributed by atoms with E-state index >= 15 is 0 Å². The van der Waals surface area contributed by atoms with E-state index in [0.717, 1.165) is 12.8 Å². The summed E-state index contributed by atoms with van der Waals surface area (Å²) in [4.78, 5) is 36.1. The molecule has 3 rings (SSSR count). The smallest absolute Gasteiger partial charge is 0.343 e. The number of carbonyl (C=O) groups is 3. The van der Waals surface area contributed by atoms with E-state index in [0.29, 0.717) is 17.9 Å². The second-order valence-corrected chi connectivity index (χ2v) is 10.4. The normalized spacial score (nSPS) is 10.7. The molecular weight excluding hydrogens is 532 g/mol. The van der Waals surface area contributed by atoms with Crippen molar-refractivity contribution >= 4 is 17.9 Å². The zero-order valence-corrected chi connectivity index (χ0v) is 24.5. The molecular formula is C35H42O7. The van der Waals surface area contributed by atoms with E-state index in [-0.39, 0.29) is 22.6 Å². The first-order chi connectivity index (χ1) is 20.5. The Bertz CT molecular complexity index is 1250. The lowest BCUT2D eigenvalue weighted by molar-refractivity contribution is 0.0686. The standard InChI is InChI=1S/C35H42O7/c1-2-3-4-5-6-7-8-9-10-11-12-13-25-40-30-21-17-27(18-22-30)34(38)41-31-23-19-28(20-24-31)35(39)42-32-16-14-15-29(26-32)33(36)37/h14-24,26H,2-13,25H2,1H3,(H,36,37). The third kappa shape index (κ3) is 11.8. The first-order valence-corrected chi connectivity index (χ1v) is 15.1. The molecule has 1 N–H and O–H groups in total. The molecule has 0 aromatic heterocycles. The number of aromatic carboxylic acids is 1. The molecule has 3 aromatic carbocycles. The fraction of sp³-hybridized carbons (Fsp3) is 0.400. The fourth-order valence-electron chi connectivity index (χ4n) is 4.50. The number of carbonyl (C=O) groups excluding carboxylic acids is 2. The Morgan fingerprint density at radius 3 is 1.55 bits per heavy atom. The summed E-state index contributed by atoms with van der Waals surface area (Å²) in [7, 11) is 0. The van der Waals surface area contributed by atoms with Crippen LogP contribution in [0.4, 0.5) is 0 Å². The molecule has 0 spiro atoms. The number of unbranched alkanes of at least 4 members (excludes halogenated alkanes) is 11. The van der Waals surface area contributed by atoms with Gasteiger partial charge >= 0.3 is 17.9 Å². The van der Waals surface area contributed by atoms with Crippen LogP contribution in [0.3, 0.4) is 0 Å². The Balaban J connectivity index is 1.32. The van der Waals surface area contributed by atoms with Gasteiger partial charge in [0.15, 0.2) is 0 Å². The number of carboxylic acids is 1. The molecule has 0 bridgehead atoms. The average molecular weight is 575 g/mol. The minimum Gasteiger partial charge on any atom is -0.494 e. The van der Waals surface area contributed by atoms with E-state index in [1.807, 2.05) is 0 Å². The predicted molar refractivity (Wildman–Crippen MR) is 163 cm³/mol. The van der Waals surface area contributed by atoms with Crippen molar-refractivity contribution < 1.29 is 33.7 Å². The zero-order valence-electron chi connectivity index (χ0n) is 24.5. The van der Waals surface area contributed by atoms with Crippen molar-refractivity contribution in [3.63, 3.8) is 0 Å². The van der Waals surface area contributed by atoms with Crippen LogP contribution in [0.1, 0.15) is 115 Å². The van der Waals surface area contributed by atoms with E-state index < -0.39 is 17.9 Å². The molecule has 3 aromatic rings. The highest BCUT2D eigenvalue weighted by Crippen LogP contribution is 2.20. The van der Waals surface area contributed by atoms with Gasteiger partial charge in [-0.05, 0) is 73.2 Å². The Hall–Kier alpha value is -4.13. The molecule has 0 fully saturated rings. The number of hydrogen-bond acceptors (Lipinski definition) is 6. The highest BCUT2D eigenvalue weighted by molar-refractivity contribution is 5.93. The third-order valence-electron chi connectivity index (χ3n) is 6.95. The van der Waals surface area contributed by atoms with Gasteiger partial charge in [0.05, 0.1) is 23.3 Å². The third-order valence-corrected chi connectivity index (χ3v) is 6.95. The van der Waals surface area contributed by atoms with Crippen LogP contribution in [0.5, 0.6) is 17.2 Å². The first kappa shape index (κ1) is 32.4. The van der Waals surface area contributed by atoms with Crippen molar-refractivity contribution in [3.05, 3.63) is 89.5 Å². The topological polar surface area (TPSA) is 99.1 Å². The molecule has 0 radical (unpaired) electrons. The molecule has 0 aliphatic rings. The maximum absolute atomic E-state index is 12.6. The number of hydrogen-bond donors (Lipinski definition) is 1. The Labute approximate surface area is 248 Å². The van der Waals surface area contributed by atoms with Crippen molar-refractivity contribution in [2.45, 2.75) is 84.0 Å². The molecule has 0 saturated carbocycles.